The Balaban J connectivity index is 1.53. The molecule has 0 bridgehead atoms. The lowest BCUT2D eigenvalue weighted by atomic mass is 10.3. The first-order chi connectivity index (χ1) is 14.2. The minimum absolute atomic E-state index is 0.128. The SMILES string of the molecule is COc1ccc(Cl)cc1NC(=O)CN1CCN(S(=O)(=O)N2CC(C)OC(C)C2)CC1. The van der Waals surface area contributed by atoms with Crippen LogP contribution in [0.15, 0.2) is 18.2 Å². The van der Waals surface area contributed by atoms with E-state index in [9.17, 15) is 13.2 Å². The van der Waals surface area contributed by atoms with Gasteiger partial charge >= 0.3 is 0 Å². The Morgan fingerprint density at radius 2 is 1.80 bits per heavy atom. The van der Waals surface area contributed by atoms with E-state index in [1.54, 1.807) is 18.2 Å². The number of carbonyl (C=O) groups is 1. The number of rotatable bonds is 6. The maximum Gasteiger partial charge on any atom is 0.282 e. The van der Waals surface area contributed by atoms with Crippen molar-refractivity contribution in [2.45, 2.75) is 26.1 Å². The third-order valence-corrected chi connectivity index (χ3v) is 7.38. The summed E-state index contributed by atoms with van der Waals surface area (Å²) in [5, 5.41) is 3.31. The molecule has 2 aliphatic rings. The quantitative estimate of drug-likeness (QED) is 0.687. The van der Waals surface area contributed by atoms with Crippen LogP contribution in [0.3, 0.4) is 0 Å². The highest BCUT2D eigenvalue weighted by Crippen LogP contribution is 2.27. The topological polar surface area (TPSA) is 91.4 Å². The molecule has 11 heteroatoms. The van der Waals surface area contributed by atoms with E-state index in [4.69, 9.17) is 21.1 Å². The summed E-state index contributed by atoms with van der Waals surface area (Å²) in [4.78, 5) is 14.4. The minimum Gasteiger partial charge on any atom is -0.495 e. The van der Waals surface area contributed by atoms with Crippen LogP contribution in [0.4, 0.5) is 5.69 Å². The van der Waals surface area contributed by atoms with Gasteiger partial charge in [0.2, 0.25) is 5.91 Å². The number of nitrogens with zero attached hydrogens (tertiary/aromatic N) is 3. The van der Waals surface area contributed by atoms with E-state index < -0.39 is 10.2 Å². The number of morpholine rings is 1. The number of methoxy groups -OCH3 is 1. The minimum atomic E-state index is -3.54. The van der Waals surface area contributed by atoms with E-state index in [0.717, 1.165) is 0 Å². The van der Waals surface area contributed by atoms with Crippen LogP contribution in [0.1, 0.15) is 13.8 Å². The monoisotopic (exact) mass is 460 g/mol. The zero-order valence-corrected chi connectivity index (χ0v) is 19.1. The van der Waals surface area contributed by atoms with Crippen LogP contribution >= 0.6 is 11.6 Å². The standard InChI is InChI=1S/C19H29ClN4O5S/c1-14-11-24(12-15(2)29-14)30(26,27)23-8-6-22(7-9-23)13-19(25)21-17-10-16(20)4-5-18(17)28-3/h4-5,10,14-15H,6-9,11-13H2,1-3H3,(H,21,25). The predicted molar refractivity (Wildman–Crippen MR) is 115 cm³/mol. The van der Waals surface area contributed by atoms with Gasteiger partial charge in [0.15, 0.2) is 0 Å². The summed E-state index contributed by atoms with van der Waals surface area (Å²) in [6.45, 7) is 6.28. The van der Waals surface area contributed by atoms with E-state index in [-0.39, 0.29) is 24.7 Å². The molecule has 1 amide bonds. The van der Waals surface area contributed by atoms with Gasteiger partial charge in [-0.15, -0.1) is 0 Å². The van der Waals surface area contributed by atoms with Crippen molar-refractivity contribution < 1.29 is 22.7 Å². The fourth-order valence-corrected chi connectivity index (χ4v) is 5.69. The first-order valence-corrected chi connectivity index (χ1v) is 11.7. The number of hydrogen-bond donors (Lipinski definition) is 1. The van der Waals surface area contributed by atoms with Crippen LogP contribution in [0, 0.1) is 0 Å². The number of hydrogen-bond acceptors (Lipinski definition) is 6. The molecule has 1 N–H and O–H groups in total. The van der Waals surface area contributed by atoms with Crippen molar-refractivity contribution in [3.05, 3.63) is 23.2 Å². The molecule has 0 aromatic heterocycles. The second-order valence-corrected chi connectivity index (χ2v) is 10.0. The summed E-state index contributed by atoms with van der Waals surface area (Å²) >= 11 is 6.00. The van der Waals surface area contributed by atoms with Gasteiger partial charge in [-0.3, -0.25) is 9.69 Å². The summed E-state index contributed by atoms with van der Waals surface area (Å²) in [6, 6.07) is 5.01. The summed E-state index contributed by atoms with van der Waals surface area (Å²) in [6.07, 6.45) is -0.256. The van der Waals surface area contributed by atoms with Gasteiger partial charge in [-0.05, 0) is 32.0 Å². The summed E-state index contributed by atoms with van der Waals surface area (Å²) < 4.78 is 39.8. The Morgan fingerprint density at radius 1 is 1.17 bits per heavy atom. The van der Waals surface area contributed by atoms with Crippen molar-refractivity contribution in [2.75, 3.05) is 58.2 Å². The number of ether oxygens (including phenoxy) is 2. The molecule has 0 aliphatic carbocycles. The van der Waals surface area contributed by atoms with E-state index in [1.807, 2.05) is 18.7 Å². The third kappa shape index (κ3) is 5.63. The van der Waals surface area contributed by atoms with Crippen molar-refractivity contribution in [2.24, 2.45) is 0 Å². The molecule has 2 heterocycles. The van der Waals surface area contributed by atoms with Crippen LogP contribution in [0.5, 0.6) is 5.75 Å². The van der Waals surface area contributed by atoms with Crippen molar-refractivity contribution in [3.63, 3.8) is 0 Å². The molecule has 1 aromatic carbocycles. The predicted octanol–water partition coefficient (Wildman–Crippen LogP) is 1.26. The maximum atomic E-state index is 13.0. The molecule has 168 valence electrons. The Kier molecular flexibility index (Phi) is 7.59. The van der Waals surface area contributed by atoms with E-state index in [0.29, 0.717) is 55.7 Å². The third-order valence-electron chi connectivity index (χ3n) is 5.17. The van der Waals surface area contributed by atoms with Gasteiger partial charge in [-0.1, -0.05) is 11.6 Å². The molecule has 3 rings (SSSR count). The molecule has 2 aliphatic heterocycles. The molecule has 0 radical (unpaired) electrons. The number of anilines is 1. The van der Waals surface area contributed by atoms with Gasteiger partial charge in [-0.25, -0.2) is 0 Å². The van der Waals surface area contributed by atoms with Crippen molar-refractivity contribution in [3.8, 4) is 5.75 Å². The highest BCUT2D eigenvalue weighted by molar-refractivity contribution is 7.86. The van der Waals surface area contributed by atoms with Gasteiger partial charge in [0.25, 0.3) is 10.2 Å². The fraction of sp³-hybridized carbons (Fsp3) is 0.632. The largest absolute Gasteiger partial charge is 0.495 e. The molecule has 2 fully saturated rings. The smallest absolute Gasteiger partial charge is 0.282 e. The van der Waals surface area contributed by atoms with Gasteiger partial charge in [-0.2, -0.15) is 17.0 Å². The zero-order valence-electron chi connectivity index (χ0n) is 17.5. The van der Waals surface area contributed by atoms with Crippen molar-refractivity contribution in [1.29, 1.82) is 0 Å². The summed E-state index contributed by atoms with van der Waals surface area (Å²) in [5.41, 5.74) is 0.506. The molecule has 2 atom stereocenters. The van der Waals surface area contributed by atoms with E-state index in [1.165, 1.54) is 15.7 Å². The number of piperazine rings is 1. The van der Waals surface area contributed by atoms with Crippen molar-refractivity contribution in [1.82, 2.24) is 13.5 Å². The summed E-state index contributed by atoms with van der Waals surface area (Å²) in [5.74, 6) is 0.320. The Bertz CT molecular complexity index is 850. The molecule has 1 aromatic rings. The molecule has 2 saturated heterocycles. The summed E-state index contributed by atoms with van der Waals surface area (Å²) in [7, 11) is -2.01. The number of halogens is 1. The molecular formula is C19H29ClN4O5S. The highest BCUT2D eigenvalue weighted by Gasteiger charge is 2.36. The van der Waals surface area contributed by atoms with E-state index in [2.05, 4.69) is 5.32 Å². The Labute approximate surface area is 183 Å². The molecule has 30 heavy (non-hydrogen) atoms. The van der Waals surface area contributed by atoms with Crippen LogP contribution in [0.2, 0.25) is 5.02 Å². The van der Waals surface area contributed by atoms with Gasteiger partial charge in [0.05, 0.1) is 31.5 Å². The first-order valence-electron chi connectivity index (χ1n) is 9.95. The maximum absolute atomic E-state index is 13.0. The number of nitrogens with one attached hydrogen (secondary N) is 1. The van der Waals surface area contributed by atoms with Gasteiger partial charge in [0.1, 0.15) is 5.75 Å². The van der Waals surface area contributed by atoms with Crippen LogP contribution in [0.25, 0.3) is 0 Å². The Morgan fingerprint density at radius 3 is 2.40 bits per heavy atom. The average Bonchev–Trinajstić information content (AvgIpc) is 2.68. The second kappa shape index (κ2) is 9.80. The lowest BCUT2D eigenvalue weighted by Gasteiger charge is -2.40. The lowest BCUT2D eigenvalue weighted by molar-refractivity contribution is -0.117. The molecule has 0 spiro atoms. The van der Waals surface area contributed by atoms with Crippen LogP contribution in [-0.2, 0) is 19.7 Å². The molecule has 9 nitrogen and oxygen atoms in total. The first kappa shape index (κ1) is 23.2. The van der Waals surface area contributed by atoms with E-state index >= 15 is 0 Å². The molecular weight excluding hydrogens is 432 g/mol. The Hall–Kier alpha value is -1.43. The van der Waals surface area contributed by atoms with Gasteiger partial charge in [0, 0.05) is 44.3 Å². The number of carbonyl (C=O) groups excluding carboxylic acids is 1. The zero-order chi connectivity index (χ0) is 21.9. The highest BCUT2D eigenvalue weighted by atomic mass is 35.5. The normalized spacial score (nSPS) is 24.5. The van der Waals surface area contributed by atoms with Crippen molar-refractivity contribution >= 4 is 33.4 Å². The van der Waals surface area contributed by atoms with Crippen LogP contribution < -0.4 is 10.1 Å². The molecule has 2 unspecified atom stereocenters. The average molecular weight is 461 g/mol. The van der Waals surface area contributed by atoms with Gasteiger partial charge < -0.3 is 14.8 Å². The number of benzene rings is 1. The van der Waals surface area contributed by atoms with Crippen LogP contribution in [-0.4, -0.2) is 93.0 Å². The fourth-order valence-electron chi connectivity index (χ4n) is 3.77. The second-order valence-electron chi connectivity index (χ2n) is 7.65. The lowest BCUT2D eigenvalue weighted by Crippen LogP contribution is -2.57. The molecule has 0 saturated carbocycles. The number of amides is 1.